The normalized spacial score (nSPS) is 23.9. The summed E-state index contributed by atoms with van der Waals surface area (Å²) in [6, 6.07) is 7.40. The summed E-state index contributed by atoms with van der Waals surface area (Å²) in [5, 5.41) is 2.88. The van der Waals surface area contributed by atoms with E-state index < -0.39 is 6.09 Å². The van der Waals surface area contributed by atoms with Crippen LogP contribution in [0, 0.1) is 12.7 Å². The van der Waals surface area contributed by atoms with Gasteiger partial charge in [-0.25, -0.2) is 19.0 Å². The molecular weight excluding hydrogens is 477 g/mol. The summed E-state index contributed by atoms with van der Waals surface area (Å²) in [5.74, 6) is 0.701. The number of aryl methyl sites for hydroxylation is 1. The third kappa shape index (κ3) is 5.16. The Morgan fingerprint density at radius 1 is 1.16 bits per heavy atom. The van der Waals surface area contributed by atoms with Crippen LogP contribution in [0.2, 0.25) is 0 Å². The van der Waals surface area contributed by atoms with Gasteiger partial charge in [0.2, 0.25) is 0 Å². The van der Waals surface area contributed by atoms with Gasteiger partial charge in [0.1, 0.15) is 11.6 Å². The molecule has 5 rings (SSSR count). The largest absolute Gasteiger partial charge is 0.453 e. The number of hydrogen-bond acceptors (Lipinski definition) is 6. The molecule has 0 radical (unpaired) electrons. The van der Waals surface area contributed by atoms with Gasteiger partial charge in [0.05, 0.1) is 32.5 Å². The van der Waals surface area contributed by atoms with Crippen LogP contribution in [0.4, 0.5) is 14.0 Å². The highest BCUT2D eigenvalue weighted by Crippen LogP contribution is 2.43. The molecule has 2 amide bonds. The van der Waals surface area contributed by atoms with Crippen molar-refractivity contribution in [1.82, 2.24) is 24.7 Å². The fraction of sp³-hybridized carbons (Fsp3) is 0.593. The second-order valence-electron chi connectivity index (χ2n) is 10.3. The molecule has 0 spiro atoms. The molecule has 200 valence electrons. The van der Waals surface area contributed by atoms with Gasteiger partial charge in [-0.15, -0.1) is 0 Å². The Morgan fingerprint density at radius 2 is 1.92 bits per heavy atom. The highest BCUT2D eigenvalue weighted by atomic mass is 19.1. The molecule has 2 fully saturated rings. The van der Waals surface area contributed by atoms with Crippen molar-refractivity contribution in [2.24, 2.45) is 0 Å². The summed E-state index contributed by atoms with van der Waals surface area (Å²) in [4.78, 5) is 33.1. The molecule has 10 heteroatoms. The van der Waals surface area contributed by atoms with Crippen molar-refractivity contribution >= 4 is 12.2 Å². The van der Waals surface area contributed by atoms with Crippen molar-refractivity contribution in [1.29, 1.82) is 0 Å². The highest BCUT2D eigenvalue weighted by Gasteiger charge is 2.42. The minimum Gasteiger partial charge on any atom is -0.453 e. The maximum Gasteiger partial charge on any atom is 0.409 e. The number of nitrogens with zero attached hydrogens (tertiary/aromatic N) is 4. The number of alkyl carbamates (subject to hydrolysis) is 1. The van der Waals surface area contributed by atoms with Gasteiger partial charge in [-0.3, -0.25) is 4.90 Å². The van der Waals surface area contributed by atoms with E-state index in [1.54, 1.807) is 11.0 Å². The number of hydrogen-bond donors (Lipinski definition) is 1. The molecule has 1 N–H and O–H groups in total. The zero-order valence-electron chi connectivity index (χ0n) is 21.8. The van der Waals surface area contributed by atoms with E-state index in [2.05, 4.69) is 21.7 Å². The Kier molecular flexibility index (Phi) is 7.37. The Balaban J connectivity index is 1.27. The van der Waals surface area contributed by atoms with E-state index >= 15 is 0 Å². The second kappa shape index (κ2) is 10.7. The number of benzene rings is 1. The predicted molar refractivity (Wildman–Crippen MR) is 135 cm³/mol. The summed E-state index contributed by atoms with van der Waals surface area (Å²) < 4.78 is 26.1. The quantitative estimate of drug-likeness (QED) is 0.626. The van der Waals surface area contributed by atoms with Gasteiger partial charge in [0.15, 0.2) is 0 Å². The Hall–Kier alpha value is -3.14. The Morgan fingerprint density at radius 3 is 2.59 bits per heavy atom. The van der Waals surface area contributed by atoms with E-state index in [-0.39, 0.29) is 18.0 Å². The van der Waals surface area contributed by atoms with Crippen molar-refractivity contribution in [3.63, 3.8) is 0 Å². The van der Waals surface area contributed by atoms with Crippen molar-refractivity contribution in [3.8, 4) is 0 Å². The van der Waals surface area contributed by atoms with Crippen molar-refractivity contribution in [2.45, 2.75) is 76.2 Å². The first-order valence-electron chi connectivity index (χ1n) is 13.1. The Labute approximate surface area is 216 Å². The first-order chi connectivity index (χ1) is 17.9. The third-order valence-electron chi connectivity index (χ3n) is 8.29. The zero-order valence-corrected chi connectivity index (χ0v) is 21.8. The number of aromatic nitrogens is 2. The smallest absolute Gasteiger partial charge is 0.409 e. The van der Waals surface area contributed by atoms with E-state index in [0.29, 0.717) is 37.6 Å². The lowest BCUT2D eigenvalue weighted by Crippen LogP contribution is -2.45. The predicted octanol–water partition coefficient (Wildman–Crippen LogP) is 4.11. The first kappa shape index (κ1) is 25.5. The number of carbonyl (C=O) groups excluding carboxylic acids is 2. The van der Waals surface area contributed by atoms with Gasteiger partial charge in [-0.1, -0.05) is 12.1 Å². The fourth-order valence-electron chi connectivity index (χ4n) is 6.66. The maximum atomic E-state index is 13.9. The van der Waals surface area contributed by atoms with Crippen LogP contribution < -0.4 is 5.32 Å². The number of imidazole rings is 1. The number of ether oxygens (including phenoxy) is 2. The summed E-state index contributed by atoms with van der Waals surface area (Å²) in [6.07, 6.45) is 5.06. The molecule has 3 aliphatic rings. The lowest BCUT2D eigenvalue weighted by molar-refractivity contribution is 0.0981. The van der Waals surface area contributed by atoms with Crippen molar-refractivity contribution in [2.75, 3.05) is 27.3 Å². The molecule has 2 saturated heterocycles. The topological polar surface area (TPSA) is 88.9 Å². The van der Waals surface area contributed by atoms with Gasteiger partial charge in [0.25, 0.3) is 0 Å². The highest BCUT2D eigenvalue weighted by molar-refractivity contribution is 5.68. The molecular formula is C27H36FN5O4. The molecule has 2 bridgehead atoms. The molecule has 1 aromatic carbocycles. The van der Waals surface area contributed by atoms with Crippen LogP contribution in [-0.2, 0) is 22.4 Å². The number of fused-ring (bicyclic) bond motifs is 3. The van der Waals surface area contributed by atoms with E-state index in [1.807, 2.05) is 6.07 Å². The van der Waals surface area contributed by atoms with E-state index in [0.717, 1.165) is 55.7 Å². The van der Waals surface area contributed by atoms with Crippen LogP contribution >= 0.6 is 0 Å². The number of nitrogens with one attached hydrogen (secondary N) is 1. The maximum absolute atomic E-state index is 13.9. The molecule has 2 unspecified atom stereocenters. The molecule has 3 aliphatic heterocycles. The summed E-state index contributed by atoms with van der Waals surface area (Å²) in [6.45, 7) is 4.03. The van der Waals surface area contributed by atoms with Gasteiger partial charge in [-0.05, 0) is 56.7 Å². The van der Waals surface area contributed by atoms with Crippen LogP contribution in [0.1, 0.15) is 67.0 Å². The molecule has 2 aromatic rings. The van der Waals surface area contributed by atoms with Crippen LogP contribution in [-0.4, -0.2) is 70.9 Å². The fourth-order valence-corrected chi connectivity index (χ4v) is 6.66. The lowest BCUT2D eigenvalue weighted by atomic mass is 9.95. The van der Waals surface area contributed by atoms with E-state index in [1.165, 1.54) is 32.0 Å². The van der Waals surface area contributed by atoms with Crippen molar-refractivity contribution < 1.29 is 23.5 Å². The number of methoxy groups -OCH3 is 2. The van der Waals surface area contributed by atoms with Crippen molar-refractivity contribution in [3.05, 3.63) is 52.9 Å². The molecule has 1 aromatic heterocycles. The van der Waals surface area contributed by atoms with Gasteiger partial charge in [-0.2, -0.15) is 0 Å². The summed E-state index contributed by atoms with van der Waals surface area (Å²) >= 11 is 0. The van der Waals surface area contributed by atoms with Gasteiger partial charge >= 0.3 is 12.2 Å². The van der Waals surface area contributed by atoms with Gasteiger partial charge in [0, 0.05) is 43.3 Å². The Bertz CT molecular complexity index is 1140. The summed E-state index contributed by atoms with van der Waals surface area (Å²) in [5.41, 5.74) is 2.98. The minimum absolute atomic E-state index is 0.303. The second-order valence-corrected chi connectivity index (χ2v) is 10.3. The minimum atomic E-state index is -0.512. The molecule has 37 heavy (non-hydrogen) atoms. The zero-order chi connectivity index (χ0) is 26.1. The average Bonchev–Trinajstić information content (AvgIpc) is 3.35. The number of rotatable bonds is 6. The summed E-state index contributed by atoms with van der Waals surface area (Å²) in [7, 11) is 2.75. The first-order valence-corrected chi connectivity index (χ1v) is 13.1. The standard InChI is InChI=1S/C27H36FN5O4/c1-17-29-24-16-31(27(35)37-3)11-10-25(24)33(17)22-14-20-7-8-21(15-22)32(20)12-9-23(30-26(34)36-2)18-5-4-6-19(28)13-18/h4-6,13,20-23H,7-12,14-16H2,1-3H3,(H,30,34)/t20?,21?,22?,23-/m0/s1. The molecule has 9 nitrogen and oxygen atoms in total. The molecule has 3 atom stereocenters. The van der Waals surface area contributed by atoms with Crippen LogP contribution in [0.5, 0.6) is 0 Å². The number of piperidine rings is 1. The number of amides is 2. The monoisotopic (exact) mass is 513 g/mol. The van der Waals surface area contributed by atoms with E-state index in [4.69, 9.17) is 14.5 Å². The number of carbonyl (C=O) groups is 2. The average molecular weight is 514 g/mol. The molecule has 0 saturated carbocycles. The molecule has 0 aliphatic carbocycles. The SMILES string of the molecule is COC(=O)N[C@@H](CCN1C2CCC1CC(n1c(C)nc3c1CCN(C(=O)OC)C3)C2)c1cccc(F)c1. The van der Waals surface area contributed by atoms with Crippen LogP contribution in [0.3, 0.4) is 0 Å². The third-order valence-corrected chi connectivity index (χ3v) is 8.29. The number of halogens is 1. The van der Waals surface area contributed by atoms with Crippen LogP contribution in [0.15, 0.2) is 24.3 Å². The van der Waals surface area contributed by atoms with Gasteiger partial charge < -0.3 is 24.3 Å². The van der Waals surface area contributed by atoms with E-state index in [9.17, 15) is 14.0 Å². The lowest BCUT2D eigenvalue weighted by Gasteiger charge is -2.41. The van der Waals surface area contributed by atoms with Crippen LogP contribution in [0.25, 0.3) is 0 Å². The molecule has 4 heterocycles.